The van der Waals surface area contributed by atoms with E-state index in [1.165, 1.54) is 0 Å². The van der Waals surface area contributed by atoms with E-state index in [0.29, 0.717) is 13.2 Å². The Hall–Kier alpha value is 1.84. The van der Waals surface area contributed by atoms with Gasteiger partial charge in [-0.05, 0) is 50.3 Å². The lowest BCUT2D eigenvalue weighted by molar-refractivity contribution is 0.295. The molecule has 2 unspecified atom stereocenters. The first-order chi connectivity index (χ1) is 10.4. The fourth-order valence-corrected chi connectivity index (χ4v) is 8.28. The molecule has 0 aromatic carbocycles. The van der Waals surface area contributed by atoms with E-state index in [2.05, 4.69) is 0 Å². The van der Waals surface area contributed by atoms with Gasteiger partial charge in [0, 0.05) is 38.0 Å². The Morgan fingerprint density at radius 1 is 0.773 bits per heavy atom. The van der Waals surface area contributed by atoms with Gasteiger partial charge in [-0.2, -0.15) is 0 Å². The van der Waals surface area contributed by atoms with Crippen LogP contribution in [0.25, 0.3) is 0 Å². The fourth-order valence-electron chi connectivity index (χ4n) is 1.56. The van der Waals surface area contributed by atoms with Gasteiger partial charge in [0.15, 0.2) is 13.0 Å². The van der Waals surface area contributed by atoms with Crippen LogP contribution < -0.4 is 0 Å². The van der Waals surface area contributed by atoms with Gasteiger partial charge < -0.3 is 18.1 Å². The van der Waals surface area contributed by atoms with E-state index in [1.54, 1.807) is 14.2 Å². The highest BCUT2D eigenvalue weighted by Crippen LogP contribution is 2.49. The van der Waals surface area contributed by atoms with Crippen LogP contribution in [-0.2, 0) is 41.7 Å². The minimum Gasteiger partial charge on any atom is -0.333 e. The molecule has 0 amide bonds. The first-order valence-electron chi connectivity index (χ1n) is 7.28. The zero-order valence-electron chi connectivity index (χ0n) is 13.8. The maximum Gasteiger partial charge on any atom is 0.188 e. The minimum absolute atomic E-state index is 0.623. The van der Waals surface area contributed by atoms with E-state index < -0.39 is 13.0 Å². The quantitative estimate of drug-likeness (QED) is 0.203. The van der Waals surface area contributed by atoms with E-state index in [1.807, 2.05) is 35.4 Å². The Balaban J connectivity index is 3.66. The summed E-state index contributed by atoms with van der Waals surface area (Å²) in [5, 5.41) is 0. The number of hydrogen-bond donors (Lipinski definition) is 0. The highest BCUT2D eigenvalue weighted by molar-refractivity contribution is 8.76. The highest BCUT2D eigenvalue weighted by Gasteiger charge is 2.16. The summed E-state index contributed by atoms with van der Waals surface area (Å²) in [6, 6.07) is 0. The van der Waals surface area contributed by atoms with E-state index in [4.69, 9.17) is 41.7 Å². The highest BCUT2D eigenvalue weighted by atomic mass is 33.1. The van der Waals surface area contributed by atoms with Crippen molar-refractivity contribution in [3.63, 3.8) is 0 Å². The molecule has 0 N–H and O–H groups in total. The van der Waals surface area contributed by atoms with E-state index in [9.17, 15) is 0 Å². The zero-order chi connectivity index (χ0) is 16.9. The van der Waals surface area contributed by atoms with Crippen LogP contribution in [0.4, 0.5) is 0 Å². The molecule has 134 valence electrons. The van der Waals surface area contributed by atoms with Gasteiger partial charge in [0.1, 0.15) is 0 Å². The first kappa shape index (κ1) is 23.8. The molecule has 0 bridgehead atoms. The van der Waals surface area contributed by atoms with Crippen LogP contribution in [0.2, 0.25) is 0 Å². The van der Waals surface area contributed by atoms with E-state index >= 15 is 0 Å². The Bertz CT molecular complexity index is 337. The minimum atomic E-state index is -2.03. The van der Waals surface area contributed by atoms with Gasteiger partial charge in [0.25, 0.3) is 0 Å². The lowest BCUT2D eigenvalue weighted by atomic mass is 10.6. The van der Waals surface area contributed by atoms with Crippen LogP contribution >= 0.6 is 34.6 Å². The number of rotatable bonds is 15. The molecule has 0 rings (SSSR count). The van der Waals surface area contributed by atoms with Crippen molar-refractivity contribution in [2.24, 2.45) is 0 Å². The summed E-state index contributed by atoms with van der Waals surface area (Å²) in [5.74, 6) is 2.12. The van der Waals surface area contributed by atoms with Crippen LogP contribution in [0.3, 0.4) is 0 Å². The molecule has 0 aromatic heterocycles. The molecule has 0 saturated heterocycles. The maximum atomic E-state index is 5.55. The largest absolute Gasteiger partial charge is 0.333 e. The normalized spacial score (nSPS) is 17.1. The maximum absolute atomic E-state index is 5.55. The molecule has 0 aromatic rings. The van der Waals surface area contributed by atoms with Crippen LogP contribution in [-0.4, -0.2) is 51.3 Å². The Morgan fingerprint density at radius 3 is 1.41 bits per heavy atom. The second kappa shape index (κ2) is 14.1. The summed E-state index contributed by atoms with van der Waals surface area (Å²) in [6.07, 6.45) is 3.74. The lowest BCUT2D eigenvalue weighted by Gasteiger charge is -2.19. The van der Waals surface area contributed by atoms with Crippen LogP contribution in [0.15, 0.2) is 0 Å². The second-order valence-corrected chi connectivity index (χ2v) is 14.8. The molecule has 0 aliphatic carbocycles. The summed E-state index contributed by atoms with van der Waals surface area (Å²) in [4.78, 5) is 0. The van der Waals surface area contributed by atoms with E-state index in [-0.39, 0.29) is 0 Å². The molecule has 0 aliphatic rings. The standard InChI is InChI=1S/C12H28O4P2S4/c1-5-15-17(19,13-3)9-7-11-21-22-12-8-10-18(20,14-4)16-6-2/h5-12H2,1-4H3. The van der Waals surface area contributed by atoms with Gasteiger partial charge in [0.05, 0.1) is 13.2 Å². The molecule has 0 fully saturated rings. The molecular weight excluding hydrogens is 398 g/mol. The van der Waals surface area contributed by atoms with Gasteiger partial charge in [-0.3, -0.25) is 0 Å². The summed E-state index contributed by atoms with van der Waals surface area (Å²) >= 11 is 10.8. The van der Waals surface area contributed by atoms with Gasteiger partial charge in [-0.15, -0.1) is 0 Å². The van der Waals surface area contributed by atoms with Crippen LogP contribution in [0.1, 0.15) is 26.7 Å². The smallest absolute Gasteiger partial charge is 0.188 e. The molecule has 22 heavy (non-hydrogen) atoms. The average Bonchev–Trinajstić information content (AvgIpc) is 2.50. The molecule has 0 spiro atoms. The summed E-state index contributed by atoms with van der Waals surface area (Å²) in [5.41, 5.74) is 0. The van der Waals surface area contributed by atoms with E-state index in [0.717, 1.165) is 36.7 Å². The summed E-state index contributed by atoms with van der Waals surface area (Å²) in [7, 11) is 7.03. The molecule has 0 saturated carbocycles. The van der Waals surface area contributed by atoms with Gasteiger partial charge in [-0.25, -0.2) is 0 Å². The SMILES string of the molecule is CCOP(=S)(CCCSSCCCP(=S)(OC)OCC)OC. The van der Waals surface area contributed by atoms with Gasteiger partial charge in [-0.1, -0.05) is 21.6 Å². The first-order valence-corrected chi connectivity index (χ1v) is 15.4. The van der Waals surface area contributed by atoms with Crippen molar-refractivity contribution in [2.75, 3.05) is 51.3 Å². The summed E-state index contributed by atoms with van der Waals surface area (Å²) in [6.45, 7) is 1.10. The molecule has 0 radical (unpaired) electrons. The Morgan fingerprint density at radius 2 is 1.14 bits per heavy atom. The third kappa shape index (κ3) is 11.4. The van der Waals surface area contributed by atoms with Crippen molar-refractivity contribution in [1.29, 1.82) is 0 Å². The molecule has 0 aliphatic heterocycles. The molecule has 2 atom stereocenters. The van der Waals surface area contributed by atoms with Crippen LogP contribution in [0.5, 0.6) is 0 Å². The third-order valence-electron chi connectivity index (χ3n) is 2.61. The Kier molecular flexibility index (Phi) is 15.2. The van der Waals surface area contributed by atoms with Crippen molar-refractivity contribution in [1.82, 2.24) is 0 Å². The van der Waals surface area contributed by atoms with Crippen molar-refractivity contribution < 1.29 is 18.1 Å². The van der Waals surface area contributed by atoms with Crippen LogP contribution in [0, 0.1) is 0 Å². The second-order valence-electron chi connectivity index (χ2n) is 4.22. The lowest BCUT2D eigenvalue weighted by Crippen LogP contribution is -1.99. The van der Waals surface area contributed by atoms with Crippen molar-refractivity contribution in [2.45, 2.75) is 26.7 Å². The average molecular weight is 427 g/mol. The molecule has 0 heterocycles. The summed E-state index contributed by atoms with van der Waals surface area (Å²) < 4.78 is 21.8. The molecule has 4 nitrogen and oxygen atoms in total. The monoisotopic (exact) mass is 426 g/mol. The van der Waals surface area contributed by atoms with Crippen molar-refractivity contribution in [3.05, 3.63) is 0 Å². The predicted octanol–water partition coefficient (Wildman–Crippen LogP) is 5.13. The zero-order valence-corrected chi connectivity index (χ0v) is 18.9. The molecular formula is C12H28O4P2S4. The Labute approximate surface area is 153 Å². The topological polar surface area (TPSA) is 36.9 Å². The third-order valence-corrected chi connectivity index (χ3v) is 12.0. The molecule has 10 heteroatoms. The van der Waals surface area contributed by atoms with Crippen molar-refractivity contribution in [3.8, 4) is 0 Å². The van der Waals surface area contributed by atoms with Crippen molar-refractivity contribution >= 4 is 58.2 Å². The van der Waals surface area contributed by atoms with Gasteiger partial charge in [0.2, 0.25) is 0 Å². The predicted molar refractivity (Wildman–Crippen MR) is 110 cm³/mol. The fraction of sp³-hybridized carbons (Fsp3) is 1.00. The number of hydrogen-bond acceptors (Lipinski definition) is 8. The van der Waals surface area contributed by atoms with Gasteiger partial charge >= 0.3 is 0 Å².